The summed E-state index contributed by atoms with van der Waals surface area (Å²) in [4.78, 5) is 42.2. The maximum atomic E-state index is 14.6. The highest BCUT2D eigenvalue weighted by molar-refractivity contribution is 6.24. The number of benzene rings is 1. The Kier molecular flexibility index (Phi) is 6.79. The minimum absolute atomic E-state index is 0.118. The number of aliphatic hydroxyl groups excluding tert-OH is 2. The molecule has 10 nitrogen and oxygen atoms in total. The van der Waals surface area contributed by atoms with Gasteiger partial charge in [-0.15, -0.1) is 0 Å². The number of ketones is 2. The van der Waals surface area contributed by atoms with Crippen molar-refractivity contribution in [3.8, 4) is 5.75 Å². The van der Waals surface area contributed by atoms with Crippen LogP contribution in [0.15, 0.2) is 28.7 Å². The highest BCUT2D eigenvalue weighted by atomic mass is 19.4. The van der Waals surface area contributed by atoms with Crippen LogP contribution in [0.4, 0.5) is 13.2 Å². The zero-order valence-electron chi connectivity index (χ0n) is 22.7. The molecule has 5 rings (SSSR count). The van der Waals surface area contributed by atoms with Crippen molar-refractivity contribution < 1.29 is 48.0 Å². The zero-order chi connectivity index (χ0) is 30.3. The van der Waals surface area contributed by atoms with Crippen LogP contribution in [-0.2, 0) is 28.7 Å². The molecule has 0 bridgehead atoms. The Labute approximate surface area is 233 Å². The predicted molar refractivity (Wildman–Crippen MR) is 138 cm³/mol. The van der Waals surface area contributed by atoms with E-state index < -0.39 is 98.7 Å². The molecule has 4 aliphatic carbocycles. The summed E-state index contributed by atoms with van der Waals surface area (Å²) in [5, 5.41) is 44.6. The lowest BCUT2D eigenvalue weighted by molar-refractivity contribution is -0.148. The average molecular weight is 580 g/mol. The Morgan fingerprint density at radius 3 is 2.32 bits per heavy atom. The fourth-order valence-electron chi connectivity index (χ4n) is 6.96. The van der Waals surface area contributed by atoms with Gasteiger partial charge in [-0.1, -0.05) is 0 Å². The SMILES string of the molecule is CN(Cc1cc(O)c2c(c1C(F)(F)F)C[C@H]1C[C@H]3[C@H](N(C)C)C(O)=C(C(N)=O)C(=O)[C@@]3(O)C(O)=C1C2=O)CC1CC1. The second-order valence-electron chi connectivity index (χ2n) is 11.9. The number of likely N-dealkylation sites (N-methyl/N-ethyl adjacent to an activating group) is 1. The summed E-state index contributed by atoms with van der Waals surface area (Å²) in [6.07, 6.45) is -3.61. The minimum atomic E-state index is -4.88. The maximum Gasteiger partial charge on any atom is 0.417 e. The summed E-state index contributed by atoms with van der Waals surface area (Å²) in [5.74, 6) is -8.55. The van der Waals surface area contributed by atoms with Gasteiger partial charge in [0.25, 0.3) is 5.91 Å². The van der Waals surface area contributed by atoms with E-state index in [9.17, 15) is 48.0 Å². The Balaban J connectivity index is 1.68. The van der Waals surface area contributed by atoms with Gasteiger partial charge in [-0.25, -0.2) is 0 Å². The van der Waals surface area contributed by atoms with E-state index in [4.69, 9.17) is 5.73 Å². The van der Waals surface area contributed by atoms with Gasteiger partial charge in [-0.2, -0.15) is 13.2 Å². The quantitative estimate of drug-likeness (QED) is 0.317. The van der Waals surface area contributed by atoms with Gasteiger partial charge < -0.3 is 31.1 Å². The first-order chi connectivity index (χ1) is 19.0. The largest absolute Gasteiger partial charge is 0.510 e. The van der Waals surface area contributed by atoms with Gasteiger partial charge in [-0.05, 0) is 75.9 Å². The van der Waals surface area contributed by atoms with Gasteiger partial charge in [0, 0.05) is 24.6 Å². The Bertz CT molecular complexity index is 1430. The van der Waals surface area contributed by atoms with Crippen LogP contribution in [0.2, 0.25) is 0 Å². The molecule has 13 heteroatoms. The number of phenolic OH excluding ortho intramolecular Hbond substituents is 1. The van der Waals surface area contributed by atoms with Crippen LogP contribution in [-0.4, -0.2) is 87.0 Å². The van der Waals surface area contributed by atoms with Crippen molar-refractivity contribution in [2.45, 2.75) is 50.0 Å². The van der Waals surface area contributed by atoms with E-state index in [0.717, 1.165) is 18.9 Å². The van der Waals surface area contributed by atoms with E-state index >= 15 is 0 Å². The molecule has 1 aromatic carbocycles. The number of aromatic hydroxyl groups is 1. The Hall–Kier alpha value is -3.42. The molecule has 6 N–H and O–H groups in total. The first-order valence-electron chi connectivity index (χ1n) is 13.3. The number of rotatable bonds is 6. The maximum absolute atomic E-state index is 14.6. The molecule has 4 aliphatic rings. The minimum Gasteiger partial charge on any atom is -0.510 e. The number of hydrogen-bond acceptors (Lipinski definition) is 9. The van der Waals surface area contributed by atoms with Crippen molar-refractivity contribution >= 4 is 17.5 Å². The molecular formula is C28H32F3N3O7. The normalized spacial score (nSPS) is 28.3. The summed E-state index contributed by atoms with van der Waals surface area (Å²) in [6, 6.07) is -0.334. The highest BCUT2D eigenvalue weighted by Crippen LogP contribution is 2.54. The Morgan fingerprint density at radius 2 is 1.78 bits per heavy atom. The molecule has 1 saturated carbocycles. The average Bonchev–Trinajstić information content (AvgIpc) is 3.63. The van der Waals surface area contributed by atoms with Gasteiger partial charge in [0.1, 0.15) is 22.8 Å². The molecular weight excluding hydrogens is 547 g/mol. The smallest absolute Gasteiger partial charge is 0.417 e. The van der Waals surface area contributed by atoms with Crippen LogP contribution in [0, 0.1) is 17.8 Å². The van der Waals surface area contributed by atoms with Gasteiger partial charge in [0.15, 0.2) is 11.4 Å². The number of nitrogens with two attached hydrogens (primary N) is 1. The molecule has 4 atom stereocenters. The molecule has 0 aromatic heterocycles. The number of aliphatic hydroxyl groups is 3. The van der Waals surface area contributed by atoms with Crippen molar-refractivity contribution in [2.75, 3.05) is 27.7 Å². The molecule has 0 spiro atoms. The molecule has 0 heterocycles. The van der Waals surface area contributed by atoms with Crippen LogP contribution >= 0.6 is 0 Å². The number of fused-ring (bicyclic) bond motifs is 3. The number of halogens is 3. The second kappa shape index (κ2) is 9.57. The molecule has 0 unspecified atom stereocenters. The number of phenols is 1. The number of carbonyl (C=O) groups is 3. The summed E-state index contributed by atoms with van der Waals surface area (Å²) >= 11 is 0. The van der Waals surface area contributed by atoms with Crippen molar-refractivity contribution in [1.82, 2.24) is 9.80 Å². The number of nitrogens with zero attached hydrogens (tertiary/aromatic N) is 2. The van der Waals surface area contributed by atoms with Crippen molar-refractivity contribution in [3.05, 3.63) is 51.0 Å². The number of carbonyl (C=O) groups excluding carboxylic acids is 3. The van der Waals surface area contributed by atoms with Crippen LogP contribution < -0.4 is 5.73 Å². The Morgan fingerprint density at radius 1 is 1.15 bits per heavy atom. The van der Waals surface area contributed by atoms with Crippen molar-refractivity contribution in [2.24, 2.45) is 23.5 Å². The molecule has 0 aliphatic heterocycles. The van der Waals surface area contributed by atoms with Crippen molar-refractivity contribution in [1.29, 1.82) is 0 Å². The fraction of sp³-hybridized carbons (Fsp3) is 0.536. The molecule has 0 saturated heterocycles. The molecule has 0 radical (unpaired) electrons. The number of primary amides is 1. The van der Waals surface area contributed by atoms with Crippen LogP contribution in [0.25, 0.3) is 0 Å². The number of allylic oxidation sites excluding steroid dienone is 1. The van der Waals surface area contributed by atoms with E-state index in [2.05, 4.69) is 0 Å². The van der Waals surface area contributed by atoms with Crippen LogP contribution in [0.3, 0.4) is 0 Å². The second-order valence-corrected chi connectivity index (χ2v) is 11.9. The first kappa shape index (κ1) is 29.1. The van der Waals surface area contributed by atoms with E-state index in [0.29, 0.717) is 12.5 Å². The van der Waals surface area contributed by atoms with E-state index in [1.807, 2.05) is 0 Å². The van der Waals surface area contributed by atoms with Gasteiger partial charge in [0.05, 0.1) is 17.2 Å². The number of Topliss-reactive ketones (excluding diaryl/α,β-unsaturated/α-hetero) is 2. The van der Waals surface area contributed by atoms with Crippen LogP contribution in [0.5, 0.6) is 5.75 Å². The lowest BCUT2D eigenvalue weighted by atomic mass is 9.58. The van der Waals surface area contributed by atoms with E-state index in [1.165, 1.54) is 19.0 Å². The van der Waals surface area contributed by atoms with Gasteiger partial charge in [-0.3, -0.25) is 19.3 Å². The standard InChI is InChI=1S/C28H32F3N3O7/c1-33(2)21-15-7-12-6-14-18(16(35)8-13(20(14)28(29,30)31)10-34(3)9-11-4-5-11)22(36)17(12)24(38)27(15,41)25(39)19(23(21)37)26(32)40/h8,11-12,15,21,35,37-38,41H,4-7,9-10H2,1-3H3,(H2,32,40)/t12-,15-,21-,27-/m0/s1. The molecule has 222 valence electrons. The lowest BCUT2D eigenvalue weighted by Crippen LogP contribution is -2.63. The topological polar surface area (TPSA) is 165 Å². The third-order valence-corrected chi connectivity index (χ3v) is 8.80. The van der Waals surface area contributed by atoms with Crippen LogP contribution in [0.1, 0.15) is 46.3 Å². The summed E-state index contributed by atoms with van der Waals surface area (Å²) in [5.41, 5.74) is -1.35. The summed E-state index contributed by atoms with van der Waals surface area (Å²) in [7, 11) is 4.62. The lowest BCUT2D eigenvalue weighted by Gasteiger charge is -2.50. The number of amides is 1. The van der Waals surface area contributed by atoms with E-state index in [1.54, 1.807) is 11.9 Å². The summed E-state index contributed by atoms with van der Waals surface area (Å²) in [6.45, 7) is 0.467. The predicted octanol–water partition coefficient (Wildman–Crippen LogP) is 1.98. The van der Waals surface area contributed by atoms with Gasteiger partial charge in [0.2, 0.25) is 5.78 Å². The molecule has 1 amide bonds. The highest BCUT2D eigenvalue weighted by Gasteiger charge is 2.63. The van der Waals surface area contributed by atoms with Gasteiger partial charge >= 0.3 is 6.18 Å². The fourth-order valence-corrected chi connectivity index (χ4v) is 6.96. The first-order valence-corrected chi connectivity index (χ1v) is 13.3. The molecule has 1 fully saturated rings. The number of hydrogen-bond donors (Lipinski definition) is 5. The zero-order valence-corrected chi connectivity index (χ0v) is 22.7. The molecule has 41 heavy (non-hydrogen) atoms. The molecule has 1 aromatic rings. The third kappa shape index (κ3) is 4.41. The monoisotopic (exact) mass is 579 g/mol. The van der Waals surface area contributed by atoms with Crippen molar-refractivity contribution in [3.63, 3.8) is 0 Å². The van der Waals surface area contributed by atoms with E-state index in [-0.39, 0.29) is 18.5 Å². The summed E-state index contributed by atoms with van der Waals surface area (Å²) < 4.78 is 43.8. The number of alkyl halides is 3. The third-order valence-electron chi connectivity index (χ3n) is 8.80.